The summed E-state index contributed by atoms with van der Waals surface area (Å²) in [5, 5.41) is 3.63. The molecule has 4 nitrogen and oxygen atoms in total. The van der Waals surface area contributed by atoms with Crippen molar-refractivity contribution >= 4 is 6.09 Å². The van der Waals surface area contributed by atoms with Gasteiger partial charge in [0.15, 0.2) is 0 Å². The molecule has 21 heavy (non-hydrogen) atoms. The number of nitrogens with zero attached hydrogens (tertiary/aromatic N) is 1. The van der Waals surface area contributed by atoms with Gasteiger partial charge in [-0.25, -0.2) is 4.79 Å². The molecule has 0 saturated heterocycles. The number of hydrogen-bond donors (Lipinski definition) is 1. The number of carbonyl (C=O) groups is 1. The SMILES string of the molecule is CCN(CCCNC1CCC(C)CC1)C(=O)OC(C)(C)C. The van der Waals surface area contributed by atoms with Crippen molar-refractivity contribution in [2.75, 3.05) is 19.6 Å². The van der Waals surface area contributed by atoms with Gasteiger partial charge in [-0.05, 0) is 72.3 Å². The highest BCUT2D eigenvalue weighted by molar-refractivity contribution is 5.68. The maximum Gasteiger partial charge on any atom is 0.410 e. The first-order valence-electron chi connectivity index (χ1n) is 8.53. The van der Waals surface area contributed by atoms with Crippen molar-refractivity contribution in [3.8, 4) is 0 Å². The van der Waals surface area contributed by atoms with Crippen LogP contribution in [0.1, 0.15) is 66.7 Å². The molecular weight excluding hydrogens is 264 g/mol. The van der Waals surface area contributed by atoms with Crippen LogP contribution >= 0.6 is 0 Å². The van der Waals surface area contributed by atoms with Gasteiger partial charge in [0.1, 0.15) is 5.60 Å². The van der Waals surface area contributed by atoms with E-state index in [1.54, 1.807) is 4.90 Å². The zero-order valence-electron chi connectivity index (χ0n) is 14.6. The molecule has 124 valence electrons. The Morgan fingerprint density at radius 3 is 2.38 bits per heavy atom. The Morgan fingerprint density at radius 2 is 1.86 bits per heavy atom. The average molecular weight is 298 g/mol. The molecular formula is C17H34N2O2. The molecule has 1 fully saturated rings. The van der Waals surface area contributed by atoms with Crippen LogP contribution in [-0.2, 0) is 4.74 Å². The summed E-state index contributed by atoms with van der Waals surface area (Å²) >= 11 is 0. The highest BCUT2D eigenvalue weighted by atomic mass is 16.6. The van der Waals surface area contributed by atoms with Crippen LogP contribution in [0.2, 0.25) is 0 Å². The van der Waals surface area contributed by atoms with Crippen molar-refractivity contribution in [1.29, 1.82) is 0 Å². The van der Waals surface area contributed by atoms with E-state index < -0.39 is 5.60 Å². The van der Waals surface area contributed by atoms with E-state index in [1.807, 2.05) is 27.7 Å². The maximum atomic E-state index is 12.0. The van der Waals surface area contributed by atoms with Crippen LogP contribution in [0.4, 0.5) is 4.79 Å². The molecule has 0 bridgehead atoms. The van der Waals surface area contributed by atoms with E-state index in [9.17, 15) is 4.79 Å². The van der Waals surface area contributed by atoms with Crippen molar-refractivity contribution in [2.45, 2.75) is 78.4 Å². The van der Waals surface area contributed by atoms with E-state index in [4.69, 9.17) is 4.74 Å². The summed E-state index contributed by atoms with van der Waals surface area (Å²) in [7, 11) is 0. The molecule has 0 aromatic heterocycles. The van der Waals surface area contributed by atoms with Gasteiger partial charge in [0, 0.05) is 19.1 Å². The van der Waals surface area contributed by atoms with Gasteiger partial charge < -0.3 is 15.0 Å². The minimum absolute atomic E-state index is 0.198. The van der Waals surface area contributed by atoms with E-state index in [1.165, 1.54) is 25.7 Å². The van der Waals surface area contributed by atoms with Crippen LogP contribution in [0, 0.1) is 5.92 Å². The molecule has 0 aliphatic heterocycles. The Kier molecular flexibility index (Phi) is 7.50. The first-order valence-corrected chi connectivity index (χ1v) is 8.53. The van der Waals surface area contributed by atoms with Gasteiger partial charge in [-0.15, -0.1) is 0 Å². The van der Waals surface area contributed by atoms with Gasteiger partial charge in [-0.3, -0.25) is 0 Å². The number of ether oxygens (including phenoxy) is 1. The summed E-state index contributed by atoms with van der Waals surface area (Å²) in [6.45, 7) is 12.5. The summed E-state index contributed by atoms with van der Waals surface area (Å²) in [6, 6.07) is 0.679. The molecule has 1 amide bonds. The minimum atomic E-state index is -0.415. The first kappa shape index (κ1) is 18.3. The minimum Gasteiger partial charge on any atom is -0.444 e. The largest absolute Gasteiger partial charge is 0.444 e. The lowest BCUT2D eigenvalue weighted by atomic mass is 9.87. The number of nitrogens with one attached hydrogen (secondary N) is 1. The normalized spacial score (nSPS) is 22.9. The molecule has 0 unspecified atom stereocenters. The van der Waals surface area contributed by atoms with Crippen molar-refractivity contribution in [2.24, 2.45) is 5.92 Å². The van der Waals surface area contributed by atoms with E-state index >= 15 is 0 Å². The monoisotopic (exact) mass is 298 g/mol. The molecule has 0 atom stereocenters. The highest BCUT2D eigenvalue weighted by Crippen LogP contribution is 2.23. The van der Waals surface area contributed by atoms with E-state index in [0.29, 0.717) is 12.6 Å². The Balaban J connectivity index is 2.18. The van der Waals surface area contributed by atoms with Crippen molar-refractivity contribution in [3.63, 3.8) is 0 Å². The second-order valence-corrected chi connectivity index (χ2v) is 7.32. The van der Waals surface area contributed by atoms with Crippen molar-refractivity contribution in [1.82, 2.24) is 10.2 Å². The standard InChI is InChI=1S/C17H34N2O2/c1-6-19(16(20)21-17(3,4)5)13-7-12-18-15-10-8-14(2)9-11-15/h14-15,18H,6-13H2,1-5H3. The molecule has 1 N–H and O–H groups in total. The zero-order chi connectivity index (χ0) is 15.9. The summed E-state index contributed by atoms with van der Waals surface area (Å²) < 4.78 is 5.42. The van der Waals surface area contributed by atoms with Gasteiger partial charge >= 0.3 is 6.09 Å². The number of amides is 1. The Bertz CT molecular complexity index is 304. The molecule has 0 aromatic carbocycles. The van der Waals surface area contributed by atoms with Crippen LogP contribution in [0.5, 0.6) is 0 Å². The zero-order valence-corrected chi connectivity index (χ0v) is 14.6. The van der Waals surface area contributed by atoms with Crippen LogP contribution in [0.25, 0.3) is 0 Å². The average Bonchev–Trinajstić information content (AvgIpc) is 2.38. The lowest BCUT2D eigenvalue weighted by molar-refractivity contribution is 0.0258. The van der Waals surface area contributed by atoms with Crippen molar-refractivity contribution in [3.05, 3.63) is 0 Å². The molecule has 0 heterocycles. The lowest BCUT2D eigenvalue weighted by Crippen LogP contribution is -2.39. The third-order valence-electron chi connectivity index (χ3n) is 4.09. The van der Waals surface area contributed by atoms with E-state index in [-0.39, 0.29) is 6.09 Å². The number of carbonyl (C=O) groups excluding carboxylic acids is 1. The molecule has 1 saturated carbocycles. The topological polar surface area (TPSA) is 41.6 Å². The van der Waals surface area contributed by atoms with Gasteiger partial charge in [0.25, 0.3) is 0 Å². The van der Waals surface area contributed by atoms with Crippen LogP contribution in [0.3, 0.4) is 0 Å². The fraction of sp³-hybridized carbons (Fsp3) is 0.941. The number of rotatable bonds is 6. The van der Waals surface area contributed by atoms with Gasteiger partial charge in [-0.1, -0.05) is 6.92 Å². The molecule has 0 radical (unpaired) electrons. The number of hydrogen-bond acceptors (Lipinski definition) is 3. The second-order valence-electron chi connectivity index (χ2n) is 7.32. The van der Waals surface area contributed by atoms with E-state index in [2.05, 4.69) is 12.2 Å². The summed E-state index contributed by atoms with van der Waals surface area (Å²) in [5.74, 6) is 0.894. The third-order valence-corrected chi connectivity index (χ3v) is 4.09. The Hall–Kier alpha value is -0.770. The maximum absolute atomic E-state index is 12.0. The van der Waals surface area contributed by atoms with Crippen LogP contribution in [0.15, 0.2) is 0 Å². The molecule has 1 aliphatic carbocycles. The van der Waals surface area contributed by atoms with Crippen LogP contribution < -0.4 is 5.32 Å². The molecule has 1 aliphatic rings. The van der Waals surface area contributed by atoms with Gasteiger partial charge in [0.2, 0.25) is 0 Å². The van der Waals surface area contributed by atoms with E-state index in [0.717, 1.165) is 25.4 Å². The summed E-state index contributed by atoms with van der Waals surface area (Å²) in [5.41, 5.74) is -0.415. The Labute approximate surface area is 130 Å². The van der Waals surface area contributed by atoms with Crippen molar-refractivity contribution < 1.29 is 9.53 Å². The summed E-state index contributed by atoms with van der Waals surface area (Å²) in [6.07, 6.45) is 6.07. The second kappa shape index (κ2) is 8.62. The predicted octanol–water partition coefficient (Wildman–Crippen LogP) is 3.80. The molecule has 0 aromatic rings. The van der Waals surface area contributed by atoms with Gasteiger partial charge in [-0.2, -0.15) is 0 Å². The molecule has 1 rings (SSSR count). The molecule has 0 spiro atoms. The van der Waals surface area contributed by atoms with Gasteiger partial charge in [0.05, 0.1) is 0 Å². The lowest BCUT2D eigenvalue weighted by Gasteiger charge is -2.28. The molecule has 4 heteroatoms. The summed E-state index contributed by atoms with van der Waals surface area (Å²) in [4.78, 5) is 13.8. The third kappa shape index (κ3) is 7.70. The fourth-order valence-corrected chi connectivity index (χ4v) is 2.75. The predicted molar refractivity (Wildman–Crippen MR) is 87.5 cm³/mol. The van der Waals surface area contributed by atoms with Crippen LogP contribution in [-0.4, -0.2) is 42.3 Å². The first-order chi connectivity index (χ1) is 9.81. The fourth-order valence-electron chi connectivity index (χ4n) is 2.75. The Morgan fingerprint density at radius 1 is 1.24 bits per heavy atom. The highest BCUT2D eigenvalue weighted by Gasteiger charge is 2.21. The quantitative estimate of drug-likeness (QED) is 0.758. The smallest absolute Gasteiger partial charge is 0.410 e.